The van der Waals surface area contributed by atoms with Gasteiger partial charge in [-0.15, -0.1) is 6.42 Å². The number of rotatable bonds is 2. The van der Waals surface area contributed by atoms with Crippen LogP contribution in [0.25, 0.3) is 0 Å². The molecule has 0 bridgehead atoms. The number of amides is 1. The third kappa shape index (κ3) is 2.29. The van der Waals surface area contributed by atoms with Crippen LogP contribution in [0.1, 0.15) is 46.8 Å². The van der Waals surface area contributed by atoms with Crippen LogP contribution in [0.2, 0.25) is 0 Å². The van der Waals surface area contributed by atoms with Crippen molar-refractivity contribution in [2.45, 2.75) is 38.5 Å². The maximum atomic E-state index is 13.2. The summed E-state index contributed by atoms with van der Waals surface area (Å²) in [6.07, 6.45) is 2.71. The third-order valence-electron chi connectivity index (χ3n) is 4.30. The Balaban J connectivity index is 2.07. The van der Waals surface area contributed by atoms with Crippen molar-refractivity contribution in [1.82, 2.24) is 4.90 Å². The number of carbonyl (C=O) groups excluding carboxylic acids is 1. The lowest BCUT2D eigenvalue weighted by atomic mass is 9.99. The number of nitrogens with zero attached hydrogens (tertiary/aromatic N) is 1. The van der Waals surface area contributed by atoms with Gasteiger partial charge in [0.25, 0.3) is 5.91 Å². The number of fused-ring (bicyclic) bond motifs is 1. The van der Waals surface area contributed by atoms with Gasteiger partial charge in [0.05, 0.1) is 11.1 Å². The van der Waals surface area contributed by atoms with E-state index in [9.17, 15) is 18.0 Å². The molecule has 1 unspecified atom stereocenters. The van der Waals surface area contributed by atoms with E-state index in [2.05, 4.69) is 5.92 Å². The van der Waals surface area contributed by atoms with Crippen LogP contribution in [0.4, 0.5) is 13.2 Å². The van der Waals surface area contributed by atoms with Crippen LogP contribution in [0.15, 0.2) is 12.1 Å². The molecule has 1 aromatic carbocycles. The molecule has 0 N–H and O–H groups in total. The Morgan fingerprint density at radius 2 is 2.05 bits per heavy atom. The summed E-state index contributed by atoms with van der Waals surface area (Å²) in [7, 11) is 0. The highest BCUT2D eigenvalue weighted by molar-refractivity contribution is 6.00. The molecule has 2 aliphatic rings. The summed E-state index contributed by atoms with van der Waals surface area (Å²) < 4.78 is 39.6. The van der Waals surface area contributed by atoms with Crippen LogP contribution >= 0.6 is 0 Å². The van der Waals surface area contributed by atoms with Crippen LogP contribution in [-0.4, -0.2) is 16.8 Å². The second-order valence-corrected chi connectivity index (χ2v) is 5.71. The number of hydrogen-bond acceptors (Lipinski definition) is 1. The molecule has 1 aromatic rings. The molecule has 1 atom stereocenters. The number of hydrogen-bond donors (Lipinski definition) is 0. The van der Waals surface area contributed by atoms with Gasteiger partial charge >= 0.3 is 6.18 Å². The van der Waals surface area contributed by atoms with Gasteiger partial charge in [-0.1, -0.05) is 5.92 Å². The Morgan fingerprint density at radius 1 is 1.38 bits per heavy atom. The van der Waals surface area contributed by atoms with Crippen molar-refractivity contribution in [3.63, 3.8) is 0 Å². The summed E-state index contributed by atoms with van der Waals surface area (Å²) in [6, 6.07) is 2.38. The Morgan fingerprint density at radius 3 is 2.57 bits per heavy atom. The fourth-order valence-corrected chi connectivity index (χ4v) is 2.95. The fourth-order valence-electron chi connectivity index (χ4n) is 2.95. The second kappa shape index (κ2) is 4.52. The minimum atomic E-state index is -4.58. The van der Waals surface area contributed by atoms with Crippen LogP contribution in [0.5, 0.6) is 0 Å². The van der Waals surface area contributed by atoms with E-state index in [1.165, 1.54) is 11.0 Å². The molecule has 21 heavy (non-hydrogen) atoms. The summed E-state index contributed by atoms with van der Waals surface area (Å²) in [5, 5.41) is 0. The second-order valence-electron chi connectivity index (χ2n) is 5.71. The Bertz CT molecular complexity index is 653. The predicted molar refractivity (Wildman–Crippen MR) is 71.4 cm³/mol. The summed E-state index contributed by atoms with van der Waals surface area (Å²) in [6.45, 7) is 2.11. The SMILES string of the molecule is C#Cc1cc2c(c(C(F)(F)F)c1)C(=O)N(C(C)C1CC1)C2. The maximum Gasteiger partial charge on any atom is 0.417 e. The van der Waals surface area contributed by atoms with E-state index in [0.717, 1.165) is 18.9 Å². The van der Waals surface area contributed by atoms with Gasteiger partial charge in [-0.3, -0.25) is 4.79 Å². The first kappa shape index (κ1) is 14.0. The lowest BCUT2D eigenvalue weighted by Gasteiger charge is -2.24. The molecule has 0 saturated heterocycles. The topological polar surface area (TPSA) is 20.3 Å². The number of benzene rings is 1. The molecule has 1 aliphatic carbocycles. The zero-order chi connectivity index (χ0) is 15.4. The van der Waals surface area contributed by atoms with Gasteiger partial charge in [0.1, 0.15) is 0 Å². The highest BCUT2D eigenvalue weighted by atomic mass is 19.4. The minimum absolute atomic E-state index is 0.0275. The molecule has 0 spiro atoms. The number of terminal acetylenes is 1. The van der Waals surface area contributed by atoms with Crippen molar-refractivity contribution in [1.29, 1.82) is 0 Å². The normalized spacial score (nSPS) is 19.4. The Hall–Kier alpha value is -1.96. The summed E-state index contributed by atoms with van der Waals surface area (Å²) in [5.41, 5.74) is -0.595. The lowest BCUT2D eigenvalue weighted by Crippen LogP contribution is -2.35. The van der Waals surface area contributed by atoms with Crippen LogP contribution in [0, 0.1) is 18.3 Å². The number of carbonyl (C=O) groups is 1. The van der Waals surface area contributed by atoms with Gasteiger partial charge in [0.15, 0.2) is 0 Å². The molecule has 0 radical (unpaired) electrons. The average Bonchev–Trinajstić information content (AvgIpc) is 3.21. The van der Waals surface area contributed by atoms with Crippen LogP contribution in [-0.2, 0) is 12.7 Å². The fraction of sp³-hybridized carbons (Fsp3) is 0.438. The quantitative estimate of drug-likeness (QED) is 0.765. The molecule has 5 heteroatoms. The number of halogens is 3. The Labute approximate surface area is 120 Å². The van der Waals surface area contributed by atoms with Gasteiger partial charge < -0.3 is 4.90 Å². The first-order valence-corrected chi connectivity index (χ1v) is 6.84. The van der Waals surface area contributed by atoms with Gasteiger partial charge in [-0.2, -0.15) is 13.2 Å². The highest BCUT2D eigenvalue weighted by Crippen LogP contribution is 2.42. The van der Waals surface area contributed by atoms with Crippen molar-refractivity contribution in [2.24, 2.45) is 5.92 Å². The molecule has 1 saturated carbocycles. The first-order chi connectivity index (χ1) is 9.82. The van der Waals surface area contributed by atoms with Gasteiger partial charge in [-0.25, -0.2) is 0 Å². The molecule has 1 aliphatic heterocycles. The van der Waals surface area contributed by atoms with Gasteiger partial charge in [-0.05, 0) is 43.4 Å². The molecule has 2 nitrogen and oxygen atoms in total. The molecule has 0 aromatic heterocycles. The average molecular weight is 293 g/mol. The van der Waals surface area contributed by atoms with Crippen LogP contribution in [0.3, 0.4) is 0 Å². The van der Waals surface area contributed by atoms with E-state index in [1.807, 2.05) is 6.92 Å². The predicted octanol–water partition coefficient (Wildman–Crippen LogP) is 3.44. The monoisotopic (exact) mass is 293 g/mol. The minimum Gasteiger partial charge on any atom is -0.331 e. The van der Waals surface area contributed by atoms with E-state index in [4.69, 9.17) is 6.42 Å². The van der Waals surface area contributed by atoms with Crippen molar-refractivity contribution in [3.05, 3.63) is 34.4 Å². The smallest absolute Gasteiger partial charge is 0.331 e. The Kier molecular flexibility index (Phi) is 3.01. The molecular weight excluding hydrogens is 279 g/mol. The number of alkyl halides is 3. The standard InChI is InChI=1S/C16H14F3NO/c1-3-10-6-12-8-20(9(2)11-4-5-11)15(21)14(12)13(7-10)16(17,18)19/h1,6-7,9,11H,4-5,8H2,2H3. The summed E-state index contributed by atoms with van der Waals surface area (Å²) in [5.74, 6) is 2.11. The van der Waals surface area contributed by atoms with Gasteiger partial charge in [0.2, 0.25) is 0 Å². The lowest BCUT2D eigenvalue weighted by molar-refractivity contribution is -0.138. The largest absolute Gasteiger partial charge is 0.417 e. The molecule has 1 fully saturated rings. The van der Waals surface area contributed by atoms with E-state index in [0.29, 0.717) is 11.5 Å². The molecular formula is C16H14F3NO. The van der Waals surface area contributed by atoms with Gasteiger partial charge in [0, 0.05) is 18.2 Å². The van der Waals surface area contributed by atoms with Crippen molar-refractivity contribution < 1.29 is 18.0 Å². The van der Waals surface area contributed by atoms with E-state index in [-0.39, 0.29) is 23.7 Å². The molecule has 1 amide bonds. The van der Waals surface area contributed by atoms with E-state index >= 15 is 0 Å². The third-order valence-corrected chi connectivity index (χ3v) is 4.30. The summed E-state index contributed by atoms with van der Waals surface area (Å²) in [4.78, 5) is 14.0. The van der Waals surface area contributed by atoms with E-state index < -0.39 is 17.6 Å². The van der Waals surface area contributed by atoms with Crippen LogP contribution < -0.4 is 0 Å². The molecule has 1 heterocycles. The van der Waals surface area contributed by atoms with Crippen molar-refractivity contribution in [3.8, 4) is 12.3 Å². The maximum absolute atomic E-state index is 13.2. The summed E-state index contributed by atoms with van der Waals surface area (Å²) >= 11 is 0. The van der Waals surface area contributed by atoms with E-state index in [1.54, 1.807) is 0 Å². The zero-order valence-corrected chi connectivity index (χ0v) is 11.5. The highest BCUT2D eigenvalue weighted by Gasteiger charge is 2.44. The van der Waals surface area contributed by atoms with Crippen molar-refractivity contribution >= 4 is 5.91 Å². The zero-order valence-electron chi connectivity index (χ0n) is 11.5. The molecule has 3 rings (SSSR count). The first-order valence-electron chi connectivity index (χ1n) is 6.84. The van der Waals surface area contributed by atoms with Crippen molar-refractivity contribution in [2.75, 3.05) is 0 Å². The molecule has 110 valence electrons.